The van der Waals surface area contributed by atoms with Gasteiger partial charge in [0.2, 0.25) is 0 Å². The largest absolute Gasteiger partial charge is 0.354 e. The molecule has 1 fully saturated rings. The van der Waals surface area contributed by atoms with Gasteiger partial charge in [-0.3, -0.25) is 0 Å². The Bertz CT molecular complexity index is 310. The summed E-state index contributed by atoms with van der Waals surface area (Å²) in [7, 11) is 1.68. The SMILES string of the molecule is CO[C@H]1OCCN[C@H]1c1ccc(C)cc1. The van der Waals surface area contributed by atoms with Gasteiger partial charge in [0.15, 0.2) is 6.29 Å². The summed E-state index contributed by atoms with van der Waals surface area (Å²) in [5.74, 6) is 0. The van der Waals surface area contributed by atoms with Gasteiger partial charge in [0.05, 0.1) is 12.6 Å². The van der Waals surface area contributed by atoms with E-state index in [4.69, 9.17) is 9.47 Å². The second kappa shape index (κ2) is 4.75. The Hall–Kier alpha value is -0.900. The molecule has 2 atom stereocenters. The number of nitrogens with one attached hydrogen (secondary N) is 1. The van der Waals surface area contributed by atoms with Gasteiger partial charge in [0.25, 0.3) is 0 Å². The Morgan fingerprint density at radius 2 is 2.07 bits per heavy atom. The summed E-state index contributed by atoms with van der Waals surface area (Å²) in [6, 6.07) is 8.60. The van der Waals surface area contributed by atoms with Gasteiger partial charge in [0.1, 0.15) is 0 Å². The van der Waals surface area contributed by atoms with Crippen LogP contribution >= 0.6 is 0 Å². The van der Waals surface area contributed by atoms with E-state index in [0.29, 0.717) is 6.61 Å². The lowest BCUT2D eigenvalue weighted by molar-refractivity contribution is -0.161. The first kappa shape index (κ1) is 10.6. The average Bonchev–Trinajstić information content (AvgIpc) is 2.30. The summed E-state index contributed by atoms with van der Waals surface area (Å²) in [6.07, 6.45) is -0.179. The zero-order chi connectivity index (χ0) is 10.7. The molecule has 0 saturated carbocycles. The fourth-order valence-corrected chi connectivity index (χ4v) is 1.83. The maximum absolute atomic E-state index is 5.54. The molecule has 1 aliphatic rings. The molecule has 1 saturated heterocycles. The molecular formula is C12H17NO2. The molecule has 1 aromatic rings. The van der Waals surface area contributed by atoms with E-state index in [9.17, 15) is 0 Å². The van der Waals surface area contributed by atoms with E-state index < -0.39 is 0 Å². The molecule has 15 heavy (non-hydrogen) atoms. The molecule has 3 nitrogen and oxygen atoms in total. The zero-order valence-corrected chi connectivity index (χ0v) is 9.19. The van der Waals surface area contributed by atoms with Gasteiger partial charge in [-0.15, -0.1) is 0 Å². The molecule has 1 N–H and O–H groups in total. The van der Waals surface area contributed by atoms with E-state index in [-0.39, 0.29) is 12.3 Å². The van der Waals surface area contributed by atoms with Crippen LogP contribution in [0.2, 0.25) is 0 Å². The van der Waals surface area contributed by atoms with E-state index in [1.807, 2.05) is 0 Å². The summed E-state index contributed by atoms with van der Waals surface area (Å²) in [4.78, 5) is 0. The van der Waals surface area contributed by atoms with Crippen molar-refractivity contribution in [1.29, 1.82) is 0 Å². The molecular weight excluding hydrogens is 190 g/mol. The van der Waals surface area contributed by atoms with Gasteiger partial charge in [-0.25, -0.2) is 0 Å². The van der Waals surface area contributed by atoms with Gasteiger partial charge in [-0.1, -0.05) is 29.8 Å². The molecule has 0 aliphatic carbocycles. The molecule has 82 valence electrons. The molecule has 0 aromatic heterocycles. The summed E-state index contributed by atoms with van der Waals surface area (Å²) in [5, 5.41) is 3.41. The van der Waals surface area contributed by atoms with Crippen molar-refractivity contribution in [2.45, 2.75) is 19.3 Å². The Kier molecular flexibility index (Phi) is 3.36. The number of methoxy groups -OCH3 is 1. The fourth-order valence-electron chi connectivity index (χ4n) is 1.83. The lowest BCUT2D eigenvalue weighted by Crippen LogP contribution is -2.42. The molecule has 0 radical (unpaired) electrons. The second-order valence-corrected chi connectivity index (χ2v) is 3.82. The maximum atomic E-state index is 5.54. The van der Waals surface area contributed by atoms with E-state index in [1.165, 1.54) is 11.1 Å². The average molecular weight is 207 g/mol. The minimum Gasteiger partial charge on any atom is -0.354 e. The zero-order valence-electron chi connectivity index (χ0n) is 9.19. The van der Waals surface area contributed by atoms with Crippen LogP contribution in [0.25, 0.3) is 0 Å². The molecule has 0 bridgehead atoms. The van der Waals surface area contributed by atoms with E-state index >= 15 is 0 Å². The summed E-state index contributed by atoms with van der Waals surface area (Å²) < 4.78 is 10.8. The number of hydrogen-bond donors (Lipinski definition) is 1. The fraction of sp³-hybridized carbons (Fsp3) is 0.500. The number of benzene rings is 1. The summed E-state index contributed by atoms with van der Waals surface area (Å²) >= 11 is 0. The third kappa shape index (κ3) is 2.37. The monoisotopic (exact) mass is 207 g/mol. The van der Waals surface area contributed by atoms with Crippen LogP contribution in [-0.2, 0) is 9.47 Å². The number of ether oxygens (including phenoxy) is 2. The highest BCUT2D eigenvalue weighted by Gasteiger charge is 2.26. The highest BCUT2D eigenvalue weighted by atomic mass is 16.7. The van der Waals surface area contributed by atoms with Crippen molar-refractivity contribution in [1.82, 2.24) is 5.32 Å². The van der Waals surface area contributed by atoms with Crippen molar-refractivity contribution in [2.75, 3.05) is 20.3 Å². The minimum atomic E-state index is -0.179. The Balaban J connectivity index is 2.16. The standard InChI is InChI=1S/C12H17NO2/c1-9-3-5-10(6-4-9)11-12(14-2)15-8-7-13-11/h3-6,11-13H,7-8H2,1-2H3/t11-,12-/m0/s1. The molecule has 3 heteroatoms. The Labute approximate surface area is 90.4 Å². The van der Waals surface area contributed by atoms with Crippen molar-refractivity contribution in [2.24, 2.45) is 0 Å². The maximum Gasteiger partial charge on any atom is 0.176 e. The second-order valence-electron chi connectivity index (χ2n) is 3.82. The molecule has 0 spiro atoms. The molecule has 1 heterocycles. The first-order valence-electron chi connectivity index (χ1n) is 5.25. The number of morpholine rings is 1. The first-order chi connectivity index (χ1) is 7.31. The topological polar surface area (TPSA) is 30.5 Å². The molecule has 1 aliphatic heterocycles. The Morgan fingerprint density at radius 1 is 1.33 bits per heavy atom. The van der Waals surface area contributed by atoms with Crippen LogP contribution in [0.4, 0.5) is 0 Å². The third-order valence-electron chi connectivity index (χ3n) is 2.69. The van der Waals surface area contributed by atoms with Crippen molar-refractivity contribution < 1.29 is 9.47 Å². The molecule has 0 amide bonds. The van der Waals surface area contributed by atoms with Crippen molar-refractivity contribution >= 4 is 0 Å². The summed E-state index contributed by atoms with van der Waals surface area (Å²) in [5.41, 5.74) is 2.48. The minimum absolute atomic E-state index is 0.143. The predicted molar refractivity (Wildman–Crippen MR) is 58.7 cm³/mol. The lowest BCUT2D eigenvalue weighted by Gasteiger charge is -2.31. The number of rotatable bonds is 2. The highest BCUT2D eigenvalue weighted by molar-refractivity contribution is 5.24. The van der Waals surface area contributed by atoms with Gasteiger partial charge in [0, 0.05) is 13.7 Å². The van der Waals surface area contributed by atoms with Crippen LogP contribution in [0.5, 0.6) is 0 Å². The Morgan fingerprint density at radius 3 is 2.73 bits per heavy atom. The molecule has 1 aromatic carbocycles. The van der Waals surface area contributed by atoms with Crippen LogP contribution < -0.4 is 5.32 Å². The molecule has 2 rings (SSSR count). The quantitative estimate of drug-likeness (QED) is 0.799. The number of hydrogen-bond acceptors (Lipinski definition) is 3. The van der Waals surface area contributed by atoms with Crippen LogP contribution in [0.15, 0.2) is 24.3 Å². The smallest absolute Gasteiger partial charge is 0.176 e. The summed E-state index contributed by atoms with van der Waals surface area (Å²) in [6.45, 7) is 3.67. The van der Waals surface area contributed by atoms with E-state index in [0.717, 1.165) is 6.54 Å². The van der Waals surface area contributed by atoms with Crippen LogP contribution in [0, 0.1) is 6.92 Å². The van der Waals surface area contributed by atoms with Crippen molar-refractivity contribution in [3.8, 4) is 0 Å². The van der Waals surface area contributed by atoms with E-state index in [1.54, 1.807) is 7.11 Å². The van der Waals surface area contributed by atoms with Crippen molar-refractivity contribution in [3.05, 3.63) is 35.4 Å². The molecule has 0 unspecified atom stereocenters. The van der Waals surface area contributed by atoms with Gasteiger partial charge in [-0.05, 0) is 12.5 Å². The highest BCUT2D eigenvalue weighted by Crippen LogP contribution is 2.22. The lowest BCUT2D eigenvalue weighted by atomic mass is 10.0. The van der Waals surface area contributed by atoms with Gasteiger partial charge in [-0.2, -0.15) is 0 Å². The predicted octanol–water partition coefficient (Wildman–Crippen LogP) is 1.63. The normalized spacial score (nSPS) is 26.5. The third-order valence-corrected chi connectivity index (χ3v) is 2.69. The van der Waals surface area contributed by atoms with Crippen LogP contribution in [-0.4, -0.2) is 26.6 Å². The van der Waals surface area contributed by atoms with E-state index in [2.05, 4.69) is 36.5 Å². The first-order valence-corrected chi connectivity index (χ1v) is 5.25. The van der Waals surface area contributed by atoms with Crippen LogP contribution in [0.3, 0.4) is 0 Å². The van der Waals surface area contributed by atoms with Crippen LogP contribution in [0.1, 0.15) is 17.2 Å². The van der Waals surface area contributed by atoms with Gasteiger partial charge >= 0.3 is 0 Å². The van der Waals surface area contributed by atoms with Gasteiger partial charge < -0.3 is 14.8 Å². The number of aryl methyl sites for hydroxylation is 1. The van der Waals surface area contributed by atoms with Crippen molar-refractivity contribution in [3.63, 3.8) is 0 Å².